The van der Waals surface area contributed by atoms with Crippen molar-refractivity contribution in [3.05, 3.63) is 28.2 Å². The van der Waals surface area contributed by atoms with Crippen molar-refractivity contribution in [2.45, 2.75) is 19.6 Å². The Labute approximate surface area is 93.5 Å². The fourth-order valence-corrected chi connectivity index (χ4v) is 1.92. The molecule has 1 aromatic rings. The SMILES string of the molecule is Cc1cc(N)c(=O)n(CCN2CC(F)C2)c1. The topological polar surface area (TPSA) is 51.3 Å². The molecule has 0 amide bonds. The lowest BCUT2D eigenvalue weighted by molar-refractivity contribution is 0.0626. The van der Waals surface area contributed by atoms with E-state index in [0.29, 0.717) is 26.2 Å². The van der Waals surface area contributed by atoms with Gasteiger partial charge in [0.25, 0.3) is 5.56 Å². The second-order valence-electron chi connectivity index (χ2n) is 4.33. The zero-order chi connectivity index (χ0) is 11.7. The van der Waals surface area contributed by atoms with Gasteiger partial charge in [-0.1, -0.05) is 0 Å². The number of nitrogens with two attached hydrogens (primary N) is 1. The van der Waals surface area contributed by atoms with Crippen LogP contribution >= 0.6 is 0 Å². The zero-order valence-electron chi connectivity index (χ0n) is 9.32. The summed E-state index contributed by atoms with van der Waals surface area (Å²) in [5, 5.41) is 0. The Bertz CT molecular complexity index is 437. The highest BCUT2D eigenvalue weighted by Gasteiger charge is 2.25. The molecular weight excluding hydrogens is 209 g/mol. The van der Waals surface area contributed by atoms with Gasteiger partial charge in [0.2, 0.25) is 0 Å². The minimum atomic E-state index is -0.695. The Hall–Kier alpha value is -1.36. The van der Waals surface area contributed by atoms with Crippen LogP contribution in [-0.4, -0.2) is 35.3 Å². The number of aryl methyl sites for hydroxylation is 1. The normalized spacial score (nSPS) is 17.4. The van der Waals surface area contributed by atoms with Crippen LogP contribution in [0.2, 0.25) is 0 Å². The molecule has 4 nitrogen and oxygen atoms in total. The van der Waals surface area contributed by atoms with Crippen molar-refractivity contribution < 1.29 is 4.39 Å². The number of hydrogen-bond donors (Lipinski definition) is 1. The lowest BCUT2D eigenvalue weighted by Gasteiger charge is -2.34. The Balaban J connectivity index is 2.01. The Morgan fingerprint density at radius 2 is 2.19 bits per heavy atom. The van der Waals surface area contributed by atoms with Crippen LogP contribution in [0.4, 0.5) is 10.1 Å². The number of likely N-dealkylation sites (tertiary alicyclic amines) is 1. The molecule has 0 aliphatic carbocycles. The van der Waals surface area contributed by atoms with E-state index in [1.54, 1.807) is 16.8 Å². The third-order valence-corrected chi connectivity index (χ3v) is 2.82. The molecule has 2 rings (SSSR count). The summed E-state index contributed by atoms with van der Waals surface area (Å²) in [6, 6.07) is 1.67. The molecule has 88 valence electrons. The highest BCUT2D eigenvalue weighted by Crippen LogP contribution is 2.10. The van der Waals surface area contributed by atoms with E-state index in [2.05, 4.69) is 0 Å². The van der Waals surface area contributed by atoms with Crippen molar-refractivity contribution in [3.8, 4) is 0 Å². The van der Waals surface area contributed by atoms with Crippen molar-refractivity contribution >= 4 is 5.69 Å². The van der Waals surface area contributed by atoms with E-state index in [4.69, 9.17) is 5.73 Å². The lowest BCUT2D eigenvalue weighted by atomic mass is 10.2. The van der Waals surface area contributed by atoms with Crippen molar-refractivity contribution in [1.29, 1.82) is 0 Å². The second-order valence-corrected chi connectivity index (χ2v) is 4.33. The average Bonchev–Trinajstić information content (AvgIpc) is 2.17. The molecule has 1 aliphatic heterocycles. The summed E-state index contributed by atoms with van der Waals surface area (Å²) in [6.45, 7) is 4.13. The minimum Gasteiger partial charge on any atom is -0.394 e. The van der Waals surface area contributed by atoms with E-state index < -0.39 is 6.17 Å². The van der Waals surface area contributed by atoms with Gasteiger partial charge in [-0.15, -0.1) is 0 Å². The van der Waals surface area contributed by atoms with Gasteiger partial charge in [0.1, 0.15) is 6.17 Å². The largest absolute Gasteiger partial charge is 0.394 e. The highest BCUT2D eigenvalue weighted by molar-refractivity contribution is 5.37. The van der Waals surface area contributed by atoms with Gasteiger partial charge in [0, 0.05) is 32.4 Å². The van der Waals surface area contributed by atoms with Gasteiger partial charge in [0.15, 0.2) is 0 Å². The van der Waals surface area contributed by atoms with Crippen molar-refractivity contribution in [1.82, 2.24) is 9.47 Å². The van der Waals surface area contributed by atoms with Crippen LogP contribution in [0.3, 0.4) is 0 Å². The van der Waals surface area contributed by atoms with Crippen LogP contribution in [-0.2, 0) is 6.54 Å². The number of nitrogen functional groups attached to an aromatic ring is 1. The molecule has 1 fully saturated rings. The highest BCUT2D eigenvalue weighted by atomic mass is 19.1. The first kappa shape index (κ1) is 11.1. The third-order valence-electron chi connectivity index (χ3n) is 2.82. The van der Waals surface area contributed by atoms with Crippen LogP contribution in [0.5, 0.6) is 0 Å². The number of pyridine rings is 1. The smallest absolute Gasteiger partial charge is 0.273 e. The number of anilines is 1. The average molecular weight is 225 g/mol. The van der Waals surface area contributed by atoms with Crippen LogP contribution in [0.1, 0.15) is 5.56 Å². The molecule has 1 aliphatic rings. The maximum absolute atomic E-state index is 12.6. The van der Waals surface area contributed by atoms with E-state index in [-0.39, 0.29) is 11.2 Å². The van der Waals surface area contributed by atoms with E-state index in [0.717, 1.165) is 5.56 Å². The first-order valence-corrected chi connectivity index (χ1v) is 5.39. The summed E-state index contributed by atoms with van der Waals surface area (Å²) in [7, 11) is 0. The molecule has 1 aromatic heterocycles. The number of nitrogens with zero attached hydrogens (tertiary/aromatic N) is 2. The standard InChI is InChI=1S/C11H16FN3O/c1-8-4-10(13)11(16)15(5-8)3-2-14-6-9(12)7-14/h4-5,9H,2-3,6-7,13H2,1H3. The number of hydrogen-bond acceptors (Lipinski definition) is 3. The van der Waals surface area contributed by atoms with Crippen molar-refractivity contribution in [2.24, 2.45) is 0 Å². The summed E-state index contributed by atoms with van der Waals surface area (Å²) in [4.78, 5) is 13.6. The molecule has 2 heterocycles. The van der Waals surface area contributed by atoms with Gasteiger partial charge < -0.3 is 10.3 Å². The van der Waals surface area contributed by atoms with Crippen molar-refractivity contribution in [3.63, 3.8) is 0 Å². The zero-order valence-corrected chi connectivity index (χ0v) is 9.32. The number of aromatic nitrogens is 1. The summed E-state index contributed by atoms with van der Waals surface area (Å²) < 4.78 is 14.2. The molecule has 0 saturated carbocycles. The number of rotatable bonds is 3. The number of alkyl halides is 1. The summed E-state index contributed by atoms with van der Waals surface area (Å²) >= 11 is 0. The maximum atomic E-state index is 12.6. The van der Waals surface area contributed by atoms with Gasteiger partial charge in [0.05, 0.1) is 5.69 Å². The van der Waals surface area contributed by atoms with Gasteiger partial charge in [-0.2, -0.15) is 0 Å². The van der Waals surface area contributed by atoms with Gasteiger partial charge in [-0.25, -0.2) is 4.39 Å². The van der Waals surface area contributed by atoms with Crippen LogP contribution in [0, 0.1) is 6.92 Å². The Morgan fingerprint density at radius 3 is 2.81 bits per heavy atom. The predicted octanol–water partition coefficient (Wildman–Crippen LogP) is 0.393. The fraction of sp³-hybridized carbons (Fsp3) is 0.545. The van der Waals surface area contributed by atoms with E-state index in [1.165, 1.54) is 0 Å². The molecule has 0 unspecified atom stereocenters. The van der Waals surface area contributed by atoms with Crippen LogP contribution < -0.4 is 11.3 Å². The molecular formula is C11H16FN3O. The molecule has 16 heavy (non-hydrogen) atoms. The minimum absolute atomic E-state index is 0.164. The van der Waals surface area contributed by atoms with E-state index >= 15 is 0 Å². The van der Waals surface area contributed by atoms with Gasteiger partial charge in [-0.05, 0) is 18.6 Å². The summed E-state index contributed by atoms with van der Waals surface area (Å²) in [6.07, 6.45) is 1.09. The van der Waals surface area contributed by atoms with E-state index in [1.807, 2.05) is 11.8 Å². The molecule has 1 saturated heterocycles. The fourth-order valence-electron chi connectivity index (χ4n) is 1.92. The van der Waals surface area contributed by atoms with Crippen LogP contribution in [0.15, 0.2) is 17.1 Å². The Kier molecular flexibility index (Phi) is 2.96. The van der Waals surface area contributed by atoms with Gasteiger partial charge >= 0.3 is 0 Å². The second kappa shape index (κ2) is 4.25. The third kappa shape index (κ3) is 2.24. The molecule has 0 aromatic carbocycles. The molecule has 0 atom stereocenters. The predicted molar refractivity (Wildman–Crippen MR) is 61.2 cm³/mol. The molecule has 0 spiro atoms. The van der Waals surface area contributed by atoms with Crippen molar-refractivity contribution in [2.75, 3.05) is 25.4 Å². The first-order chi connectivity index (χ1) is 7.56. The monoisotopic (exact) mass is 225 g/mol. The first-order valence-electron chi connectivity index (χ1n) is 5.39. The van der Waals surface area contributed by atoms with E-state index in [9.17, 15) is 9.18 Å². The Morgan fingerprint density at radius 1 is 1.50 bits per heavy atom. The molecule has 0 bridgehead atoms. The summed E-state index contributed by atoms with van der Waals surface area (Å²) in [5.41, 5.74) is 6.66. The van der Waals surface area contributed by atoms with Crippen LogP contribution in [0.25, 0.3) is 0 Å². The molecule has 5 heteroatoms. The lowest BCUT2D eigenvalue weighted by Crippen LogP contribution is -2.49. The quantitative estimate of drug-likeness (QED) is 0.809. The summed E-state index contributed by atoms with van der Waals surface area (Å²) in [5.74, 6) is 0. The molecule has 2 N–H and O–H groups in total. The number of halogens is 1. The maximum Gasteiger partial charge on any atom is 0.273 e. The van der Waals surface area contributed by atoms with Gasteiger partial charge in [-0.3, -0.25) is 9.69 Å². The molecule has 0 radical (unpaired) electrons.